The van der Waals surface area contributed by atoms with Crippen LogP contribution in [0.15, 0.2) is 72.0 Å². The minimum atomic E-state index is -1.46. The summed E-state index contributed by atoms with van der Waals surface area (Å²) in [6, 6.07) is 18.5. The molecule has 10 nitrogen and oxygen atoms in total. The second-order valence-electron chi connectivity index (χ2n) is 6.42. The molecule has 3 N–H and O–H groups in total. The summed E-state index contributed by atoms with van der Waals surface area (Å²) >= 11 is 1.16. The van der Waals surface area contributed by atoms with E-state index >= 15 is 0 Å². The predicted molar refractivity (Wildman–Crippen MR) is 108 cm³/mol. The third kappa shape index (κ3) is 4.39. The van der Waals surface area contributed by atoms with Crippen LogP contribution in [-0.4, -0.2) is 68.5 Å². The Labute approximate surface area is 175 Å². The fourth-order valence-corrected chi connectivity index (χ4v) is 3.62. The first kappa shape index (κ1) is 20.2. The Bertz CT molecular complexity index is 1070. The molecule has 2 heterocycles. The van der Waals surface area contributed by atoms with Gasteiger partial charge >= 0.3 is 0 Å². The maximum atomic E-state index is 10.4. The molecule has 0 aliphatic rings. The number of aliphatic hydroxyl groups excluding tert-OH is 3. The van der Waals surface area contributed by atoms with E-state index in [0.717, 1.165) is 17.4 Å². The molecular formula is C19H19N7O3S. The summed E-state index contributed by atoms with van der Waals surface area (Å²) in [7, 11) is 0. The predicted octanol–water partition coefficient (Wildman–Crippen LogP) is 0.790. The van der Waals surface area contributed by atoms with E-state index in [1.807, 2.05) is 60.7 Å². The molecule has 3 atom stereocenters. The summed E-state index contributed by atoms with van der Waals surface area (Å²) in [5, 5.41) is 51.5. The standard InChI is InChI=1S/C19H19N7O3S/c27-16(12-30-19-21-23-24-25(19)13-7-3-1-4-8-13)18(29)17(28)15-11-20-26(22-15)14-9-5-2-6-10-14/h1-11,16-18,27-29H,12H2. The van der Waals surface area contributed by atoms with Gasteiger partial charge in [0.05, 0.1) is 23.7 Å². The molecule has 3 unspecified atom stereocenters. The van der Waals surface area contributed by atoms with Crippen LogP contribution in [0.1, 0.15) is 11.8 Å². The number of aromatic nitrogens is 7. The first-order chi connectivity index (χ1) is 14.6. The van der Waals surface area contributed by atoms with Crippen molar-refractivity contribution in [1.82, 2.24) is 35.2 Å². The summed E-state index contributed by atoms with van der Waals surface area (Å²) in [5.41, 5.74) is 1.65. The Balaban J connectivity index is 1.39. The topological polar surface area (TPSA) is 135 Å². The quantitative estimate of drug-likeness (QED) is 0.350. The third-order valence-electron chi connectivity index (χ3n) is 4.34. The first-order valence-electron chi connectivity index (χ1n) is 9.12. The fourth-order valence-electron chi connectivity index (χ4n) is 2.74. The summed E-state index contributed by atoms with van der Waals surface area (Å²) in [6.07, 6.45) is -2.74. The Morgan fingerprint density at radius 1 is 0.900 bits per heavy atom. The van der Waals surface area contributed by atoms with Crippen molar-refractivity contribution in [3.63, 3.8) is 0 Å². The van der Waals surface area contributed by atoms with Gasteiger partial charge in [-0.2, -0.15) is 19.7 Å². The molecule has 0 spiro atoms. The van der Waals surface area contributed by atoms with Gasteiger partial charge in [-0.3, -0.25) is 0 Å². The van der Waals surface area contributed by atoms with Gasteiger partial charge in [0, 0.05) is 5.75 Å². The van der Waals surface area contributed by atoms with Crippen LogP contribution < -0.4 is 0 Å². The van der Waals surface area contributed by atoms with E-state index in [4.69, 9.17) is 0 Å². The van der Waals surface area contributed by atoms with Crippen molar-refractivity contribution in [2.45, 2.75) is 23.5 Å². The molecule has 4 aromatic rings. The van der Waals surface area contributed by atoms with Crippen LogP contribution in [-0.2, 0) is 0 Å². The zero-order chi connectivity index (χ0) is 20.9. The van der Waals surface area contributed by atoms with Crippen molar-refractivity contribution in [3.8, 4) is 11.4 Å². The third-order valence-corrected chi connectivity index (χ3v) is 5.36. The first-order valence-corrected chi connectivity index (χ1v) is 10.1. The lowest BCUT2D eigenvalue weighted by Gasteiger charge is -2.21. The van der Waals surface area contributed by atoms with E-state index < -0.39 is 18.3 Å². The average Bonchev–Trinajstić information content (AvgIpc) is 3.47. The van der Waals surface area contributed by atoms with E-state index in [1.54, 1.807) is 0 Å². The van der Waals surface area contributed by atoms with Crippen molar-refractivity contribution in [2.75, 3.05) is 5.75 Å². The highest BCUT2D eigenvalue weighted by Gasteiger charge is 2.29. The van der Waals surface area contributed by atoms with Crippen LogP contribution in [0, 0.1) is 0 Å². The monoisotopic (exact) mass is 425 g/mol. The second-order valence-corrected chi connectivity index (χ2v) is 7.40. The van der Waals surface area contributed by atoms with Crippen molar-refractivity contribution in [2.24, 2.45) is 0 Å². The molecule has 30 heavy (non-hydrogen) atoms. The smallest absolute Gasteiger partial charge is 0.214 e. The SMILES string of the molecule is OC(CSc1nnnn1-c1ccccc1)C(O)C(O)c1cnn(-c2ccccc2)n1. The number of thioether (sulfide) groups is 1. The van der Waals surface area contributed by atoms with Crippen LogP contribution >= 0.6 is 11.8 Å². The number of hydrogen-bond acceptors (Lipinski definition) is 9. The molecule has 0 saturated carbocycles. The summed E-state index contributed by atoms with van der Waals surface area (Å²) in [4.78, 5) is 1.35. The highest BCUT2D eigenvalue weighted by molar-refractivity contribution is 7.99. The van der Waals surface area contributed by atoms with Crippen molar-refractivity contribution in [1.29, 1.82) is 0 Å². The van der Waals surface area contributed by atoms with Crippen molar-refractivity contribution in [3.05, 3.63) is 72.6 Å². The lowest BCUT2D eigenvalue weighted by atomic mass is 10.1. The van der Waals surface area contributed by atoms with Gasteiger partial charge in [-0.1, -0.05) is 48.2 Å². The molecule has 154 valence electrons. The van der Waals surface area contributed by atoms with Crippen molar-refractivity contribution < 1.29 is 15.3 Å². The lowest BCUT2D eigenvalue weighted by molar-refractivity contribution is -0.0531. The molecular weight excluding hydrogens is 406 g/mol. The van der Waals surface area contributed by atoms with Gasteiger partial charge in [0.1, 0.15) is 17.9 Å². The fraction of sp³-hybridized carbons (Fsp3) is 0.211. The number of nitrogens with zero attached hydrogens (tertiary/aromatic N) is 7. The number of aliphatic hydroxyl groups is 3. The Kier molecular flexibility index (Phi) is 6.14. The zero-order valence-corrected chi connectivity index (χ0v) is 16.5. The number of hydrogen-bond donors (Lipinski definition) is 3. The average molecular weight is 425 g/mol. The van der Waals surface area contributed by atoms with E-state index in [9.17, 15) is 15.3 Å². The van der Waals surface area contributed by atoms with Gasteiger partial charge < -0.3 is 15.3 Å². The number of para-hydroxylation sites is 2. The highest BCUT2D eigenvalue weighted by atomic mass is 32.2. The largest absolute Gasteiger partial charge is 0.389 e. The number of rotatable bonds is 8. The van der Waals surface area contributed by atoms with Gasteiger partial charge in [-0.15, -0.1) is 5.10 Å². The molecule has 0 saturated heterocycles. The summed E-state index contributed by atoms with van der Waals surface area (Å²) < 4.78 is 1.53. The maximum absolute atomic E-state index is 10.4. The molecule has 11 heteroatoms. The Morgan fingerprint density at radius 2 is 1.57 bits per heavy atom. The molecule has 2 aromatic heterocycles. The van der Waals surface area contributed by atoms with Crippen LogP contribution in [0.2, 0.25) is 0 Å². The maximum Gasteiger partial charge on any atom is 0.214 e. The minimum absolute atomic E-state index is 0.0677. The molecule has 0 aliphatic heterocycles. The number of benzene rings is 2. The molecule has 0 aliphatic carbocycles. The van der Waals surface area contributed by atoms with Crippen LogP contribution in [0.25, 0.3) is 11.4 Å². The van der Waals surface area contributed by atoms with Crippen LogP contribution in [0.5, 0.6) is 0 Å². The number of tetrazole rings is 1. The van der Waals surface area contributed by atoms with E-state index in [0.29, 0.717) is 10.8 Å². The Morgan fingerprint density at radius 3 is 2.27 bits per heavy atom. The van der Waals surface area contributed by atoms with Gasteiger partial charge in [0.2, 0.25) is 5.16 Å². The van der Waals surface area contributed by atoms with E-state index in [2.05, 4.69) is 25.7 Å². The van der Waals surface area contributed by atoms with Gasteiger partial charge in [0.15, 0.2) is 0 Å². The van der Waals surface area contributed by atoms with Gasteiger partial charge in [-0.25, -0.2) is 0 Å². The van der Waals surface area contributed by atoms with Crippen LogP contribution in [0.3, 0.4) is 0 Å². The summed E-state index contributed by atoms with van der Waals surface area (Å²) in [5.74, 6) is 0.0677. The Hall–Kier alpha value is -3.12. The molecule has 0 amide bonds. The lowest BCUT2D eigenvalue weighted by Crippen LogP contribution is -2.34. The van der Waals surface area contributed by atoms with Crippen LogP contribution in [0.4, 0.5) is 0 Å². The van der Waals surface area contributed by atoms with E-state index in [1.165, 1.54) is 15.7 Å². The normalized spacial score (nSPS) is 14.4. The second kappa shape index (κ2) is 9.13. The molecule has 0 radical (unpaired) electrons. The zero-order valence-electron chi connectivity index (χ0n) is 15.7. The van der Waals surface area contributed by atoms with Gasteiger partial charge in [-0.05, 0) is 34.7 Å². The summed E-state index contributed by atoms with van der Waals surface area (Å²) in [6.45, 7) is 0. The van der Waals surface area contributed by atoms with Crippen molar-refractivity contribution >= 4 is 11.8 Å². The molecule has 0 fully saturated rings. The molecule has 0 bridgehead atoms. The highest BCUT2D eigenvalue weighted by Crippen LogP contribution is 2.23. The molecule has 2 aromatic carbocycles. The minimum Gasteiger partial charge on any atom is -0.389 e. The van der Waals surface area contributed by atoms with E-state index in [-0.39, 0.29) is 11.4 Å². The molecule has 4 rings (SSSR count). The van der Waals surface area contributed by atoms with Gasteiger partial charge in [0.25, 0.3) is 0 Å².